The van der Waals surface area contributed by atoms with E-state index in [1.54, 1.807) is 30.1 Å². The van der Waals surface area contributed by atoms with Gasteiger partial charge < -0.3 is 4.74 Å². The molecule has 2 aromatic rings. The molecule has 2 aromatic carbocycles. The Morgan fingerprint density at radius 2 is 2.00 bits per heavy atom. The number of hydrogen-bond acceptors (Lipinski definition) is 6. The molecule has 1 saturated heterocycles. The van der Waals surface area contributed by atoms with Crippen LogP contribution in [0.3, 0.4) is 0 Å². The summed E-state index contributed by atoms with van der Waals surface area (Å²) in [7, 11) is 0. The van der Waals surface area contributed by atoms with Crippen LogP contribution in [0.15, 0.2) is 59.7 Å². The van der Waals surface area contributed by atoms with E-state index in [0.717, 1.165) is 0 Å². The summed E-state index contributed by atoms with van der Waals surface area (Å²) in [6.45, 7) is 2.00. The monoisotopic (exact) mass is 395 g/mol. The lowest BCUT2D eigenvalue weighted by molar-refractivity contribution is -0.148. The van der Waals surface area contributed by atoms with Crippen molar-refractivity contribution in [3.05, 3.63) is 71.5 Å². The Bertz CT molecular complexity index is 934. The molecule has 0 aromatic heterocycles. The van der Waals surface area contributed by atoms with Gasteiger partial charge in [-0.2, -0.15) is 5.10 Å². The Morgan fingerprint density at radius 3 is 2.72 bits per heavy atom. The van der Waals surface area contributed by atoms with Crippen LogP contribution in [0.4, 0.5) is 4.39 Å². The van der Waals surface area contributed by atoms with Gasteiger partial charge in [-0.3, -0.25) is 19.9 Å². The van der Waals surface area contributed by atoms with Gasteiger partial charge in [0.1, 0.15) is 17.9 Å². The molecule has 4 rings (SSSR count). The van der Waals surface area contributed by atoms with E-state index in [0.29, 0.717) is 17.5 Å². The van der Waals surface area contributed by atoms with E-state index in [2.05, 4.69) is 10.4 Å². The maximum atomic E-state index is 13.9. The molecule has 4 atom stereocenters. The van der Waals surface area contributed by atoms with Gasteiger partial charge in [0.15, 0.2) is 5.78 Å². The van der Waals surface area contributed by atoms with Gasteiger partial charge in [0.05, 0.1) is 18.7 Å². The average Bonchev–Trinajstić information content (AvgIpc) is 3.17. The van der Waals surface area contributed by atoms with Crippen molar-refractivity contribution in [1.29, 1.82) is 0 Å². The fourth-order valence-corrected chi connectivity index (χ4v) is 3.94. The molecule has 2 aliphatic rings. The Morgan fingerprint density at radius 1 is 1.21 bits per heavy atom. The van der Waals surface area contributed by atoms with Crippen LogP contribution in [0.5, 0.6) is 0 Å². The van der Waals surface area contributed by atoms with E-state index in [4.69, 9.17) is 4.74 Å². The first-order valence-electron chi connectivity index (χ1n) is 9.68. The summed E-state index contributed by atoms with van der Waals surface area (Å²) in [5, 5.41) is 9.42. The number of esters is 1. The number of Topliss-reactive ketones (excluding diaryl/α,β-unsaturated/α-hetero) is 1. The molecule has 0 saturated carbocycles. The molecule has 29 heavy (non-hydrogen) atoms. The largest absolute Gasteiger partial charge is 0.465 e. The fourth-order valence-electron chi connectivity index (χ4n) is 3.94. The Hall–Kier alpha value is -3.06. The van der Waals surface area contributed by atoms with E-state index < -0.39 is 24.1 Å². The standard InChI is InChI=1S/C22H22FN3O3/c1-2-29-22(28)17-13-24-26-19(15-9-6-10-16(23)11-15)12-18(25-21(17)26)20(27)14-7-4-3-5-8-14/h3-11,13,17-19,21,25H,2,12H2,1H3. The molecule has 2 heterocycles. The van der Waals surface area contributed by atoms with E-state index in [9.17, 15) is 14.0 Å². The highest BCUT2D eigenvalue weighted by atomic mass is 19.1. The van der Waals surface area contributed by atoms with Crippen molar-refractivity contribution >= 4 is 18.0 Å². The molecule has 0 bridgehead atoms. The summed E-state index contributed by atoms with van der Waals surface area (Å²) in [6.07, 6.45) is 1.41. The number of rotatable bonds is 5. The molecule has 2 aliphatic heterocycles. The van der Waals surface area contributed by atoms with Crippen LogP contribution in [0.25, 0.3) is 0 Å². The average molecular weight is 395 g/mol. The number of hydrazone groups is 1. The topological polar surface area (TPSA) is 71.0 Å². The molecule has 0 amide bonds. The van der Waals surface area contributed by atoms with Crippen molar-refractivity contribution in [2.75, 3.05) is 6.61 Å². The highest BCUT2D eigenvalue weighted by molar-refractivity contribution is 6.00. The maximum Gasteiger partial charge on any atom is 0.318 e. The van der Waals surface area contributed by atoms with Gasteiger partial charge in [-0.25, -0.2) is 4.39 Å². The van der Waals surface area contributed by atoms with Crippen LogP contribution in [-0.4, -0.2) is 41.8 Å². The SMILES string of the molecule is CCOC(=O)C1C=NN2C(c3cccc(F)c3)CC(C(=O)c3ccccc3)NC12. The third kappa shape index (κ3) is 3.78. The number of carbonyl (C=O) groups is 2. The maximum absolute atomic E-state index is 13.9. The normalized spacial score (nSPS) is 25.5. The molecule has 4 unspecified atom stereocenters. The zero-order chi connectivity index (χ0) is 20.4. The number of benzene rings is 2. The minimum atomic E-state index is -0.641. The zero-order valence-electron chi connectivity index (χ0n) is 16.0. The zero-order valence-corrected chi connectivity index (χ0v) is 16.0. The van der Waals surface area contributed by atoms with Gasteiger partial charge in [0.25, 0.3) is 0 Å². The van der Waals surface area contributed by atoms with Crippen LogP contribution >= 0.6 is 0 Å². The summed E-state index contributed by atoms with van der Waals surface area (Å²) < 4.78 is 19.1. The van der Waals surface area contributed by atoms with Gasteiger partial charge in [-0.15, -0.1) is 0 Å². The fraction of sp³-hybridized carbons (Fsp3) is 0.318. The van der Waals surface area contributed by atoms with Crippen molar-refractivity contribution < 1.29 is 18.7 Å². The number of fused-ring (bicyclic) bond motifs is 1. The summed E-state index contributed by atoms with van der Waals surface area (Å²) in [4.78, 5) is 25.5. The van der Waals surface area contributed by atoms with Gasteiger partial charge in [-0.1, -0.05) is 42.5 Å². The van der Waals surface area contributed by atoms with Crippen molar-refractivity contribution in [3.8, 4) is 0 Å². The molecule has 0 radical (unpaired) electrons. The van der Waals surface area contributed by atoms with Crippen LogP contribution in [-0.2, 0) is 9.53 Å². The molecule has 6 nitrogen and oxygen atoms in total. The Labute approximate surface area is 168 Å². The van der Waals surface area contributed by atoms with Crippen molar-refractivity contribution in [1.82, 2.24) is 10.3 Å². The van der Waals surface area contributed by atoms with Crippen molar-refractivity contribution in [3.63, 3.8) is 0 Å². The minimum absolute atomic E-state index is 0.0684. The third-order valence-electron chi connectivity index (χ3n) is 5.30. The van der Waals surface area contributed by atoms with Crippen molar-refractivity contribution in [2.24, 2.45) is 11.0 Å². The predicted molar refractivity (Wildman–Crippen MR) is 106 cm³/mol. The lowest BCUT2D eigenvalue weighted by Crippen LogP contribution is -2.59. The molecule has 150 valence electrons. The molecule has 1 fully saturated rings. The quantitative estimate of drug-likeness (QED) is 0.623. The predicted octanol–water partition coefficient (Wildman–Crippen LogP) is 2.92. The van der Waals surface area contributed by atoms with Gasteiger partial charge in [-0.05, 0) is 31.0 Å². The molecular weight excluding hydrogens is 373 g/mol. The van der Waals surface area contributed by atoms with Crippen LogP contribution < -0.4 is 5.32 Å². The molecule has 7 heteroatoms. The number of carbonyl (C=O) groups excluding carboxylic acids is 2. The highest BCUT2D eigenvalue weighted by Gasteiger charge is 2.47. The number of hydrogen-bond donors (Lipinski definition) is 1. The summed E-state index contributed by atoms with van der Waals surface area (Å²) in [5.74, 6) is -1.46. The Balaban J connectivity index is 1.67. The second kappa shape index (κ2) is 8.13. The smallest absolute Gasteiger partial charge is 0.318 e. The number of halogens is 1. The number of nitrogens with one attached hydrogen (secondary N) is 1. The van der Waals surface area contributed by atoms with E-state index in [1.165, 1.54) is 18.3 Å². The van der Waals surface area contributed by atoms with Gasteiger partial charge >= 0.3 is 5.97 Å². The van der Waals surface area contributed by atoms with E-state index in [1.807, 2.05) is 24.3 Å². The Kier molecular flexibility index (Phi) is 5.40. The lowest BCUT2D eigenvalue weighted by Gasteiger charge is -2.42. The highest BCUT2D eigenvalue weighted by Crippen LogP contribution is 2.37. The van der Waals surface area contributed by atoms with Gasteiger partial charge in [0, 0.05) is 11.8 Å². The first kappa shape index (κ1) is 19.3. The van der Waals surface area contributed by atoms with E-state index >= 15 is 0 Å². The molecule has 0 aliphatic carbocycles. The van der Waals surface area contributed by atoms with E-state index in [-0.39, 0.29) is 24.2 Å². The molecule has 1 N–H and O–H groups in total. The molecular formula is C22H22FN3O3. The van der Waals surface area contributed by atoms with Crippen molar-refractivity contribution in [2.45, 2.75) is 31.6 Å². The second-order valence-electron chi connectivity index (χ2n) is 7.12. The van der Waals surface area contributed by atoms with Gasteiger partial charge in [0.2, 0.25) is 0 Å². The third-order valence-corrected chi connectivity index (χ3v) is 5.30. The summed E-state index contributed by atoms with van der Waals surface area (Å²) in [5.41, 5.74) is 1.30. The minimum Gasteiger partial charge on any atom is -0.465 e. The first-order valence-corrected chi connectivity index (χ1v) is 9.68. The number of nitrogens with zero attached hydrogens (tertiary/aromatic N) is 2. The molecule has 0 spiro atoms. The van der Waals surface area contributed by atoms with Crippen LogP contribution in [0, 0.1) is 11.7 Å². The van der Waals surface area contributed by atoms with Crippen LogP contribution in [0.2, 0.25) is 0 Å². The number of ether oxygens (including phenoxy) is 1. The number of ketones is 1. The van der Waals surface area contributed by atoms with Crippen LogP contribution in [0.1, 0.15) is 35.3 Å². The summed E-state index contributed by atoms with van der Waals surface area (Å²) in [6, 6.07) is 14.4. The second-order valence-corrected chi connectivity index (χ2v) is 7.12. The lowest BCUT2D eigenvalue weighted by atomic mass is 9.89. The first-order chi connectivity index (χ1) is 14.1. The summed E-state index contributed by atoms with van der Waals surface area (Å²) >= 11 is 0.